The number of rotatable bonds is 2. The van der Waals surface area contributed by atoms with Crippen molar-refractivity contribution in [3.8, 4) is 0 Å². The van der Waals surface area contributed by atoms with Crippen molar-refractivity contribution in [2.45, 2.75) is 44.6 Å². The van der Waals surface area contributed by atoms with Gasteiger partial charge >= 0.3 is 0 Å². The Morgan fingerprint density at radius 3 is 2.07 bits per heavy atom. The molecule has 1 heterocycles. The molecular weight excluding hydrogens is 204 g/mol. The smallest absolute Gasteiger partial charge is 0.184 e. The van der Waals surface area contributed by atoms with Gasteiger partial charge in [-0.1, -0.05) is 13.8 Å². The number of hydrogen-bond acceptors (Lipinski definition) is 6. The van der Waals surface area contributed by atoms with Crippen molar-refractivity contribution in [2.75, 3.05) is 0 Å². The summed E-state index contributed by atoms with van der Waals surface area (Å²) < 4.78 is 4.75. The van der Waals surface area contributed by atoms with Crippen LogP contribution in [-0.2, 0) is 9.53 Å². The van der Waals surface area contributed by atoms with Crippen molar-refractivity contribution in [3.63, 3.8) is 0 Å². The van der Waals surface area contributed by atoms with Crippen molar-refractivity contribution in [1.82, 2.24) is 0 Å². The van der Waals surface area contributed by atoms with Crippen LogP contribution in [-0.4, -0.2) is 56.9 Å². The zero-order valence-corrected chi connectivity index (χ0v) is 8.57. The first-order chi connectivity index (χ1) is 6.86. The largest absolute Gasteiger partial charge is 0.387 e. The van der Waals surface area contributed by atoms with Crippen LogP contribution in [0.1, 0.15) is 13.8 Å². The average Bonchev–Trinajstić information content (AvgIpc) is 2.19. The third-order valence-corrected chi connectivity index (χ3v) is 2.44. The molecule has 0 amide bonds. The highest BCUT2D eigenvalue weighted by molar-refractivity contribution is 5.85. The third kappa shape index (κ3) is 2.35. The molecular formula is C9H16O6. The number of ether oxygens (including phenoxy) is 1. The lowest BCUT2D eigenvalue weighted by atomic mass is 9.92. The molecule has 0 bridgehead atoms. The minimum absolute atomic E-state index is 0.390. The zero-order chi connectivity index (χ0) is 11.7. The van der Waals surface area contributed by atoms with Crippen LogP contribution in [0.15, 0.2) is 0 Å². The molecule has 0 aromatic heterocycles. The summed E-state index contributed by atoms with van der Waals surface area (Å²) >= 11 is 0. The predicted octanol–water partition coefficient (Wildman–Crippen LogP) is -1.99. The normalized spacial score (nSPS) is 41.9. The highest BCUT2D eigenvalue weighted by Gasteiger charge is 2.46. The quantitative estimate of drug-likeness (QED) is 0.429. The van der Waals surface area contributed by atoms with Crippen molar-refractivity contribution < 1.29 is 30.0 Å². The van der Waals surface area contributed by atoms with Gasteiger partial charge in [-0.25, -0.2) is 0 Å². The Balaban J connectivity index is 2.79. The molecule has 0 aromatic carbocycles. The molecule has 5 unspecified atom stereocenters. The summed E-state index contributed by atoms with van der Waals surface area (Å²) in [5, 5.41) is 37.1. The van der Waals surface area contributed by atoms with Gasteiger partial charge < -0.3 is 25.2 Å². The highest BCUT2D eigenvalue weighted by Crippen LogP contribution is 2.22. The molecule has 15 heavy (non-hydrogen) atoms. The molecule has 0 aliphatic carbocycles. The molecule has 1 rings (SSSR count). The number of aliphatic hydroxyl groups excluding tert-OH is 4. The topological polar surface area (TPSA) is 107 Å². The highest BCUT2D eigenvalue weighted by atomic mass is 16.6. The Labute approximate surface area is 87.1 Å². The lowest BCUT2D eigenvalue weighted by Crippen LogP contribution is -2.60. The van der Waals surface area contributed by atoms with E-state index in [2.05, 4.69) is 0 Å². The van der Waals surface area contributed by atoms with E-state index in [1.54, 1.807) is 13.8 Å². The third-order valence-electron chi connectivity index (χ3n) is 2.44. The number of aliphatic hydroxyl groups is 4. The van der Waals surface area contributed by atoms with Gasteiger partial charge in [0.2, 0.25) is 0 Å². The number of carbonyl (C=O) groups excluding carboxylic acids is 1. The van der Waals surface area contributed by atoms with Gasteiger partial charge in [0.15, 0.2) is 12.1 Å². The van der Waals surface area contributed by atoms with Crippen LogP contribution in [0, 0.1) is 5.92 Å². The maximum Gasteiger partial charge on any atom is 0.184 e. The van der Waals surface area contributed by atoms with Crippen LogP contribution in [0.4, 0.5) is 0 Å². The lowest BCUT2D eigenvalue weighted by Gasteiger charge is -2.38. The minimum Gasteiger partial charge on any atom is -0.387 e. The number of ketones is 1. The van der Waals surface area contributed by atoms with Crippen molar-refractivity contribution in [3.05, 3.63) is 0 Å². The molecule has 1 aliphatic heterocycles. The van der Waals surface area contributed by atoms with E-state index in [1.165, 1.54) is 0 Å². The van der Waals surface area contributed by atoms with E-state index in [4.69, 9.17) is 9.84 Å². The maximum absolute atomic E-state index is 11.5. The maximum atomic E-state index is 11.5. The minimum atomic E-state index is -1.66. The van der Waals surface area contributed by atoms with Crippen LogP contribution in [0.2, 0.25) is 0 Å². The molecule has 0 radical (unpaired) electrons. The van der Waals surface area contributed by atoms with Gasteiger partial charge in [-0.2, -0.15) is 0 Å². The second-order valence-electron chi connectivity index (χ2n) is 3.98. The van der Waals surface area contributed by atoms with Crippen LogP contribution in [0.3, 0.4) is 0 Å². The molecule has 1 fully saturated rings. The number of carbonyl (C=O) groups is 1. The van der Waals surface area contributed by atoms with Gasteiger partial charge in [-0.05, 0) is 0 Å². The monoisotopic (exact) mass is 220 g/mol. The molecule has 0 spiro atoms. The van der Waals surface area contributed by atoms with Gasteiger partial charge in [-0.3, -0.25) is 4.79 Å². The molecule has 88 valence electrons. The fourth-order valence-electron chi connectivity index (χ4n) is 1.42. The van der Waals surface area contributed by atoms with Gasteiger partial charge in [-0.15, -0.1) is 0 Å². The second-order valence-corrected chi connectivity index (χ2v) is 3.98. The van der Waals surface area contributed by atoms with Gasteiger partial charge in [0.25, 0.3) is 0 Å². The standard InChI is InChI=1S/C9H16O6/c1-3(2)4(10)8-6(12)5(11)7(13)9(14)15-8/h3,5-9,11-14H,1-2H3. The van der Waals surface area contributed by atoms with Crippen LogP contribution in [0.5, 0.6) is 0 Å². The zero-order valence-electron chi connectivity index (χ0n) is 8.57. The molecule has 1 aliphatic rings. The number of hydrogen-bond donors (Lipinski definition) is 4. The van der Waals surface area contributed by atoms with Crippen LogP contribution in [0.25, 0.3) is 0 Å². The Bertz CT molecular complexity index is 241. The van der Waals surface area contributed by atoms with Crippen LogP contribution >= 0.6 is 0 Å². The summed E-state index contributed by atoms with van der Waals surface area (Å²) in [4.78, 5) is 11.5. The van der Waals surface area contributed by atoms with E-state index in [0.717, 1.165) is 0 Å². The van der Waals surface area contributed by atoms with Gasteiger partial charge in [0.1, 0.15) is 24.4 Å². The lowest BCUT2D eigenvalue weighted by molar-refractivity contribution is -0.275. The first-order valence-electron chi connectivity index (χ1n) is 4.77. The molecule has 4 N–H and O–H groups in total. The Morgan fingerprint density at radius 1 is 1.07 bits per heavy atom. The molecule has 1 saturated heterocycles. The van der Waals surface area contributed by atoms with Crippen molar-refractivity contribution >= 4 is 5.78 Å². The molecule has 6 nitrogen and oxygen atoms in total. The first kappa shape index (κ1) is 12.5. The summed E-state index contributed by atoms with van der Waals surface area (Å²) in [6.07, 6.45) is -7.65. The fourth-order valence-corrected chi connectivity index (χ4v) is 1.42. The summed E-state index contributed by atoms with van der Waals surface area (Å²) in [6, 6.07) is 0. The Morgan fingerprint density at radius 2 is 1.60 bits per heavy atom. The van der Waals surface area contributed by atoms with E-state index in [9.17, 15) is 20.1 Å². The summed E-state index contributed by atoms with van der Waals surface area (Å²) in [7, 11) is 0. The van der Waals surface area contributed by atoms with E-state index < -0.39 is 36.5 Å². The molecule has 0 saturated carbocycles. The first-order valence-corrected chi connectivity index (χ1v) is 4.77. The second kappa shape index (κ2) is 4.54. The summed E-state index contributed by atoms with van der Waals surface area (Å²) in [5.74, 6) is -0.813. The molecule has 0 aromatic rings. The summed E-state index contributed by atoms with van der Waals surface area (Å²) in [6.45, 7) is 3.23. The molecule has 5 atom stereocenters. The van der Waals surface area contributed by atoms with E-state index in [0.29, 0.717) is 0 Å². The Hall–Kier alpha value is -0.530. The van der Waals surface area contributed by atoms with Crippen molar-refractivity contribution in [1.29, 1.82) is 0 Å². The van der Waals surface area contributed by atoms with E-state index >= 15 is 0 Å². The predicted molar refractivity (Wildman–Crippen MR) is 48.7 cm³/mol. The van der Waals surface area contributed by atoms with Gasteiger partial charge in [0.05, 0.1) is 0 Å². The SMILES string of the molecule is CC(C)C(=O)C1OC(O)C(O)C(O)C1O. The van der Waals surface area contributed by atoms with E-state index in [-0.39, 0.29) is 5.92 Å². The van der Waals surface area contributed by atoms with E-state index in [1.807, 2.05) is 0 Å². The number of Topliss-reactive ketones (excluding diaryl/α,β-unsaturated/α-hetero) is 1. The van der Waals surface area contributed by atoms with Crippen molar-refractivity contribution in [2.24, 2.45) is 5.92 Å². The van der Waals surface area contributed by atoms with Gasteiger partial charge in [0, 0.05) is 5.92 Å². The molecule has 6 heteroatoms. The fraction of sp³-hybridized carbons (Fsp3) is 0.889. The summed E-state index contributed by atoms with van der Waals surface area (Å²) in [5.41, 5.74) is 0. The Kier molecular flexibility index (Phi) is 3.80. The average molecular weight is 220 g/mol. The van der Waals surface area contributed by atoms with Crippen LogP contribution < -0.4 is 0 Å².